The number of methoxy groups -OCH3 is 1. The van der Waals surface area contributed by atoms with Gasteiger partial charge in [-0.25, -0.2) is 4.79 Å². The highest BCUT2D eigenvalue weighted by molar-refractivity contribution is 5.88. The van der Waals surface area contributed by atoms with Crippen molar-refractivity contribution in [2.75, 3.05) is 7.11 Å². The average Bonchev–Trinajstić information content (AvgIpc) is 2.56. The molecule has 1 aromatic heterocycles. The van der Waals surface area contributed by atoms with Gasteiger partial charge in [0, 0.05) is 5.69 Å². The zero-order valence-corrected chi connectivity index (χ0v) is 8.76. The second kappa shape index (κ2) is 4.65. The number of rotatable bonds is 3. The van der Waals surface area contributed by atoms with E-state index in [2.05, 4.69) is 22.7 Å². The Hall–Kier alpha value is -1.51. The largest absolute Gasteiger partial charge is 0.464 e. The van der Waals surface area contributed by atoms with Crippen LogP contribution in [0.15, 0.2) is 12.1 Å². The molecular formula is C11H15NO2. The fourth-order valence-electron chi connectivity index (χ4n) is 1.21. The number of carbonyl (C=O) groups excluding carboxylic acids is 1. The predicted octanol–water partition coefficient (Wildman–Crippen LogP) is 2.53. The monoisotopic (exact) mass is 193 g/mol. The van der Waals surface area contributed by atoms with Gasteiger partial charge < -0.3 is 9.72 Å². The van der Waals surface area contributed by atoms with Crippen LogP contribution >= 0.6 is 0 Å². The minimum absolute atomic E-state index is 0.329. The van der Waals surface area contributed by atoms with Crippen molar-refractivity contribution in [3.05, 3.63) is 29.1 Å². The first-order chi connectivity index (χ1) is 6.69. The standard InChI is InChI=1S/C11H15NO2/c1-4-5-6-9-7-10(11(13)14-3)12-8(9)2/h5-7,12H,4H2,1-3H3/b6-5-. The van der Waals surface area contributed by atoms with Crippen LogP contribution < -0.4 is 0 Å². The first-order valence-electron chi connectivity index (χ1n) is 4.63. The number of aromatic amines is 1. The SMILES string of the molecule is CC/C=C\c1cc(C(=O)OC)[nH]c1C. The molecule has 0 aliphatic rings. The molecule has 1 aromatic rings. The van der Waals surface area contributed by atoms with E-state index < -0.39 is 0 Å². The molecule has 76 valence electrons. The number of aryl methyl sites for hydroxylation is 1. The number of hydrogen-bond donors (Lipinski definition) is 1. The molecule has 0 atom stereocenters. The molecule has 0 aliphatic heterocycles. The Morgan fingerprint density at radius 1 is 1.64 bits per heavy atom. The van der Waals surface area contributed by atoms with Crippen molar-refractivity contribution in [2.24, 2.45) is 0 Å². The van der Waals surface area contributed by atoms with E-state index in [1.165, 1.54) is 7.11 Å². The minimum Gasteiger partial charge on any atom is -0.464 e. The number of ether oxygens (including phenoxy) is 1. The highest BCUT2D eigenvalue weighted by Crippen LogP contribution is 2.12. The predicted molar refractivity (Wildman–Crippen MR) is 56.2 cm³/mol. The van der Waals surface area contributed by atoms with Gasteiger partial charge in [0.1, 0.15) is 5.69 Å². The van der Waals surface area contributed by atoms with E-state index in [0.29, 0.717) is 5.69 Å². The van der Waals surface area contributed by atoms with Crippen LogP contribution in [0.1, 0.15) is 35.1 Å². The Kier molecular flexibility index (Phi) is 3.51. The topological polar surface area (TPSA) is 42.1 Å². The molecule has 1 rings (SSSR count). The van der Waals surface area contributed by atoms with E-state index in [0.717, 1.165) is 17.7 Å². The summed E-state index contributed by atoms with van der Waals surface area (Å²) in [7, 11) is 1.38. The lowest BCUT2D eigenvalue weighted by atomic mass is 10.2. The van der Waals surface area contributed by atoms with Gasteiger partial charge in [-0.15, -0.1) is 0 Å². The van der Waals surface area contributed by atoms with E-state index in [-0.39, 0.29) is 5.97 Å². The summed E-state index contributed by atoms with van der Waals surface area (Å²) in [5, 5.41) is 0. The van der Waals surface area contributed by atoms with E-state index in [1.807, 2.05) is 13.0 Å². The Morgan fingerprint density at radius 2 is 2.36 bits per heavy atom. The van der Waals surface area contributed by atoms with Gasteiger partial charge in [0.05, 0.1) is 7.11 Å². The van der Waals surface area contributed by atoms with Crippen molar-refractivity contribution < 1.29 is 9.53 Å². The van der Waals surface area contributed by atoms with Crippen LogP contribution in [0.3, 0.4) is 0 Å². The molecule has 1 N–H and O–H groups in total. The van der Waals surface area contributed by atoms with E-state index in [1.54, 1.807) is 6.07 Å². The number of allylic oxidation sites excluding steroid dienone is 1. The van der Waals surface area contributed by atoms with Gasteiger partial charge >= 0.3 is 5.97 Å². The highest BCUT2D eigenvalue weighted by atomic mass is 16.5. The molecule has 0 saturated carbocycles. The number of hydrogen-bond acceptors (Lipinski definition) is 2. The summed E-state index contributed by atoms with van der Waals surface area (Å²) in [5.74, 6) is -0.329. The first kappa shape index (κ1) is 10.6. The van der Waals surface area contributed by atoms with Crippen LogP contribution in [-0.4, -0.2) is 18.1 Å². The third-order valence-corrected chi connectivity index (χ3v) is 1.99. The number of esters is 1. The Morgan fingerprint density at radius 3 is 2.93 bits per heavy atom. The van der Waals surface area contributed by atoms with Crippen molar-refractivity contribution in [1.29, 1.82) is 0 Å². The zero-order valence-electron chi connectivity index (χ0n) is 8.76. The van der Waals surface area contributed by atoms with Crippen molar-refractivity contribution in [3.63, 3.8) is 0 Å². The summed E-state index contributed by atoms with van der Waals surface area (Å²) in [6.07, 6.45) is 5.04. The lowest BCUT2D eigenvalue weighted by Gasteiger charge is -1.92. The summed E-state index contributed by atoms with van der Waals surface area (Å²) < 4.78 is 4.61. The molecule has 0 radical (unpaired) electrons. The molecular weight excluding hydrogens is 178 g/mol. The quantitative estimate of drug-likeness (QED) is 0.749. The van der Waals surface area contributed by atoms with E-state index in [4.69, 9.17) is 0 Å². The van der Waals surface area contributed by atoms with Crippen LogP contribution in [0.4, 0.5) is 0 Å². The van der Waals surface area contributed by atoms with Crippen LogP contribution in [0.25, 0.3) is 6.08 Å². The summed E-state index contributed by atoms with van der Waals surface area (Å²) in [4.78, 5) is 14.2. The van der Waals surface area contributed by atoms with E-state index in [9.17, 15) is 4.79 Å². The van der Waals surface area contributed by atoms with Gasteiger partial charge in [-0.3, -0.25) is 0 Å². The second-order valence-corrected chi connectivity index (χ2v) is 3.07. The summed E-state index contributed by atoms with van der Waals surface area (Å²) >= 11 is 0. The van der Waals surface area contributed by atoms with Crippen LogP contribution in [0.2, 0.25) is 0 Å². The third kappa shape index (κ3) is 2.25. The molecule has 3 nitrogen and oxygen atoms in total. The Labute approximate surface area is 83.8 Å². The van der Waals surface area contributed by atoms with Gasteiger partial charge in [0.2, 0.25) is 0 Å². The maximum absolute atomic E-state index is 11.2. The fourth-order valence-corrected chi connectivity index (χ4v) is 1.21. The lowest BCUT2D eigenvalue weighted by molar-refractivity contribution is 0.0594. The summed E-state index contributed by atoms with van der Waals surface area (Å²) in [6, 6.07) is 1.80. The lowest BCUT2D eigenvalue weighted by Crippen LogP contribution is -2.00. The van der Waals surface area contributed by atoms with Crippen LogP contribution in [0, 0.1) is 6.92 Å². The molecule has 0 unspecified atom stereocenters. The molecule has 0 spiro atoms. The molecule has 0 aromatic carbocycles. The van der Waals surface area contributed by atoms with Crippen molar-refractivity contribution in [2.45, 2.75) is 20.3 Å². The van der Waals surface area contributed by atoms with Crippen LogP contribution in [-0.2, 0) is 4.74 Å². The molecule has 0 saturated heterocycles. The van der Waals surface area contributed by atoms with Crippen molar-refractivity contribution >= 4 is 12.0 Å². The normalized spacial score (nSPS) is 10.8. The fraction of sp³-hybridized carbons (Fsp3) is 0.364. The van der Waals surface area contributed by atoms with Crippen molar-refractivity contribution in [3.8, 4) is 0 Å². The molecule has 0 aliphatic carbocycles. The summed E-state index contributed by atoms with van der Waals surface area (Å²) in [6.45, 7) is 4.00. The molecule has 0 amide bonds. The van der Waals surface area contributed by atoms with Crippen molar-refractivity contribution in [1.82, 2.24) is 4.98 Å². The van der Waals surface area contributed by atoms with Gasteiger partial charge in [-0.2, -0.15) is 0 Å². The number of aromatic nitrogens is 1. The average molecular weight is 193 g/mol. The summed E-state index contributed by atoms with van der Waals surface area (Å²) in [5.41, 5.74) is 2.52. The second-order valence-electron chi connectivity index (χ2n) is 3.07. The first-order valence-corrected chi connectivity index (χ1v) is 4.63. The number of H-pyrrole nitrogens is 1. The molecule has 14 heavy (non-hydrogen) atoms. The maximum Gasteiger partial charge on any atom is 0.354 e. The van der Waals surface area contributed by atoms with Gasteiger partial charge in [0.15, 0.2) is 0 Å². The maximum atomic E-state index is 11.2. The Bertz CT molecular complexity index is 350. The Balaban J connectivity index is 2.93. The third-order valence-electron chi connectivity index (χ3n) is 1.99. The van der Waals surface area contributed by atoms with Gasteiger partial charge in [-0.1, -0.05) is 19.1 Å². The van der Waals surface area contributed by atoms with Gasteiger partial charge in [-0.05, 0) is 25.0 Å². The smallest absolute Gasteiger partial charge is 0.354 e. The highest BCUT2D eigenvalue weighted by Gasteiger charge is 2.09. The van der Waals surface area contributed by atoms with Crippen LogP contribution in [0.5, 0.6) is 0 Å². The minimum atomic E-state index is -0.329. The zero-order chi connectivity index (χ0) is 10.6. The number of nitrogens with one attached hydrogen (secondary N) is 1. The molecule has 0 bridgehead atoms. The number of carbonyl (C=O) groups is 1. The molecule has 1 heterocycles. The molecule has 0 fully saturated rings. The molecule has 3 heteroatoms. The van der Waals surface area contributed by atoms with E-state index >= 15 is 0 Å². The van der Waals surface area contributed by atoms with Gasteiger partial charge in [0.25, 0.3) is 0 Å².